The molecule has 0 atom stereocenters. The number of likely N-dealkylation sites (N-methyl/N-ethyl adjacent to an activating group) is 1. The van der Waals surface area contributed by atoms with Crippen molar-refractivity contribution in [2.24, 2.45) is 5.73 Å². The number of carbonyl (C=O) groups excluding carboxylic acids is 1. The quantitative estimate of drug-likeness (QED) is 0.816. The number of para-hydroxylation sites is 1. The van der Waals surface area contributed by atoms with E-state index in [2.05, 4.69) is 4.90 Å². The Morgan fingerprint density at radius 1 is 1.33 bits per heavy atom. The van der Waals surface area contributed by atoms with Crippen LogP contribution in [0.2, 0.25) is 0 Å². The smallest absolute Gasteiger partial charge is 0.260 e. The number of carbonyl (C=O) groups is 1. The highest BCUT2D eigenvalue weighted by atomic mass is 16.5. The molecule has 1 amide bonds. The van der Waals surface area contributed by atoms with E-state index in [0.29, 0.717) is 12.3 Å². The Morgan fingerprint density at radius 2 is 2.05 bits per heavy atom. The van der Waals surface area contributed by atoms with Crippen molar-refractivity contribution in [1.82, 2.24) is 9.80 Å². The molecule has 0 unspecified atom stereocenters. The maximum atomic E-state index is 12.1. The van der Waals surface area contributed by atoms with Gasteiger partial charge in [0, 0.05) is 32.2 Å². The molecule has 1 heterocycles. The second-order valence-electron chi connectivity index (χ2n) is 5.46. The summed E-state index contributed by atoms with van der Waals surface area (Å²) >= 11 is 0. The third-order valence-corrected chi connectivity index (χ3v) is 3.92. The highest BCUT2D eigenvalue weighted by molar-refractivity contribution is 5.77. The lowest BCUT2D eigenvalue weighted by Gasteiger charge is -2.21. The lowest BCUT2D eigenvalue weighted by atomic mass is 10.2. The van der Waals surface area contributed by atoms with Gasteiger partial charge in [0.1, 0.15) is 5.75 Å². The zero-order chi connectivity index (χ0) is 15.1. The predicted molar refractivity (Wildman–Crippen MR) is 83.1 cm³/mol. The fraction of sp³-hybridized carbons (Fsp3) is 0.562. The van der Waals surface area contributed by atoms with Crippen molar-refractivity contribution in [3.8, 4) is 5.75 Å². The predicted octanol–water partition coefficient (Wildman–Crippen LogP) is 1.08. The van der Waals surface area contributed by atoms with Crippen molar-refractivity contribution in [3.05, 3.63) is 29.8 Å². The van der Waals surface area contributed by atoms with Gasteiger partial charge in [0.25, 0.3) is 5.91 Å². The molecule has 1 aliphatic heterocycles. The van der Waals surface area contributed by atoms with Crippen LogP contribution in [0.3, 0.4) is 0 Å². The first-order valence-electron chi connectivity index (χ1n) is 7.58. The van der Waals surface area contributed by atoms with E-state index in [0.717, 1.165) is 31.7 Å². The Morgan fingerprint density at radius 3 is 2.76 bits per heavy atom. The van der Waals surface area contributed by atoms with E-state index in [4.69, 9.17) is 10.5 Å². The SMILES string of the molecule is CN(CCN1CCCC1)C(=O)COc1ccccc1CN. The van der Waals surface area contributed by atoms with Gasteiger partial charge >= 0.3 is 0 Å². The van der Waals surface area contributed by atoms with Gasteiger partial charge in [-0.25, -0.2) is 0 Å². The monoisotopic (exact) mass is 291 g/mol. The fourth-order valence-corrected chi connectivity index (χ4v) is 2.49. The number of nitrogens with two attached hydrogens (primary N) is 1. The van der Waals surface area contributed by atoms with Crippen LogP contribution in [0.25, 0.3) is 0 Å². The number of hydrogen-bond donors (Lipinski definition) is 1. The second kappa shape index (κ2) is 8.00. The Labute approximate surface area is 126 Å². The van der Waals surface area contributed by atoms with E-state index in [1.165, 1.54) is 12.8 Å². The van der Waals surface area contributed by atoms with Gasteiger partial charge in [-0.05, 0) is 32.0 Å². The van der Waals surface area contributed by atoms with E-state index >= 15 is 0 Å². The molecule has 2 rings (SSSR count). The molecule has 5 nitrogen and oxygen atoms in total. The number of ether oxygens (including phenoxy) is 1. The molecular formula is C16H25N3O2. The minimum atomic E-state index is 0.000946. The van der Waals surface area contributed by atoms with E-state index in [-0.39, 0.29) is 12.5 Å². The van der Waals surface area contributed by atoms with Gasteiger partial charge in [-0.3, -0.25) is 4.79 Å². The molecule has 0 radical (unpaired) electrons. The Bertz CT molecular complexity index is 459. The van der Waals surface area contributed by atoms with Crippen LogP contribution in [0, 0.1) is 0 Å². The molecule has 1 aliphatic rings. The third kappa shape index (κ3) is 4.72. The highest BCUT2D eigenvalue weighted by Gasteiger charge is 2.15. The molecule has 0 aliphatic carbocycles. The first-order valence-corrected chi connectivity index (χ1v) is 7.58. The maximum absolute atomic E-state index is 12.1. The van der Waals surface area contributed by atoms with E-state index in [1.54, 1.807) is 4.90 Å². The largest absolute Gasteiger partial charge is 0.483 e. The topological polar surface area (TPSA) is 58.8 Å². The number of rotatable bonds is 7. The molecule has 116 valence electrons. The van der Waals surface area contributed by atoms with Gasteiger partial charge in [-0.2, -0.15) is 0 Å². The molecule has 0 aromatic heterocycles. The van der Waals surface area contributed by atoms with Crippen LogP contribution in [0.5, 0.6) is 5.75 Å². The normalized spacial score (nSPS) is 15.1. The van der Waals surface area contributed by atoms with Crippen LogP contribution in [0.4, 0.5) is 0 Å². The molecule has 2 N–H and O–H groups in total. The van der Waals surface area contributed by atoms with Gasteiger partial charge in [-0.1, -0.05) is 18.2 Å². The van der Waals surface area contributed by atoms with Crippen LogP contribution in [0.15, 0.2) is 24.3 Å². The minimum absolute atomic E-state index is 0.000946. The molecule has 0 saturated carbocycles. The Kier molecular flexibility index (Phi) is 6.02. The Hall–Kier alpha value is -1.59. The summed E-state index contributed by atoms with van der Waals surface area (Å²) in [6.45, 7) is 4.48. The van der Waals surface area contributed by atoms with Crippen LogP contribution in [-0.2, 0) is 11.3 Å². The van der Waals surface area contributed by atoms with Crippen molar-refractivity contribution >= 4 is 5.91 Å². The van der Waals surface area contributed by atoms with E-state index in [1.807, 2.05) is 31.3 Å². The number of amides is 1. The molecular weight excluding hydrogens is 266 g/mol. The van der Waals surface area contributed by atoms with Crippen LogP contribution < -0.4 is 10.5 Å². The van der Waals surface area contributed by atoms with Gasteiger partial charge in [-0.15, -0.1) is 0 Å². The summed E-state index contributed by atoms with van der Waals surface area (Å²) in [5.74, 6) is 0.697. The zero-order valence-electron chi connectivity index (χ0n) is 12.8. The summed E-state index contributed by atoms with van der Waals surface area (Å²) in [7, 11) is 1.83. The molecule has 1 fully saturated rings. The van der Waals surface area contributed by atoms with Gasteiger partial charge in [0.05, 0.1) is 0 Å². The van der Waals surface area contributed by atoms with Crippen LogP contribution in [-0.4, -0.2) is 55.5 Å². The van der Waals surface area contributed by atoms with Crippen molar-refractivity contribution < 1.29 is 9.53 Å². The molecule has 1 aromatic rings. The molecule has 21 heavy (non-hydrogen) atoms. The lowest BCUT2D eigenvalue weighted by Crippen LogP contribution is -2.37. The second-order valence-corrected chi connectivity index (χ2v) is 5.46. The fourth-order valence-electron chi connectivity index (χ4n) is 2.49. The molecule has 0 spiro atoms. The first kappa shape index (κ1) is 15.8. The first-order chi connectivity index (χ1) is 10.2. The number of benzene rings is 1. The summed E-state index contributed by atoms with van der Waals surface area (Å²) in [4.78, 5) is 16.2. The molecule has 5 heteroatoms. The molecule has 1 aromatic carbocycles. The van der Waals surface area contributed by atoms with E-state index < -0.39 is 0 Å². The summed E-state index contributed by atoms with van der Waals surface area (Å²) in [5.41, 5.74) is 6.57. The summed E-state index contributed by atoms with van der Waals surface area (Å²) < 4.78 is 5.60. The van der Waals surface area contributed by atoms with Crippen LogP contribution >= 0.6 is 0 Å². The molecule has 0 bridgehead atoms. The summed E-state index contributed by atoms with van der Waals surface area (Å²) in [5, 5.41) is 0. The summed E-state index contributed by atoms with van der Waals surface area (Å²) in [6, 6.07) is 7.56. The summed E-state index contributed by atoms with van der Waals surface area (Å²) in [6.07, 6.45) is 2.55. The standard InChI is InChI=1S/C16H25N3O2/c1-18(10-11-19-8-4-5-9-19)16(20)13-21-15-7-3-2-6-14(15)12-17/h2-3,6-7H,4-5,8-13,17H2,1H3. The van der Waals surface area contributed by atoms with E-state index in [9.17, 15) is 4.79 Å². The van der Waals surface area contributed by atoms with Gasteiger partial charge < -0.3 is 20.3 Å². The average molecular weight is 291 g/mol. The van der Waals surface area contributed by atoms with Gasteiger partial charge in [0.2, 0.25) is 0 Å². The van der Waals surface area contributed by atoms with Crippen LogP contribution in [0.1, 0.15) is 18.4 Å². The lowest BCUT2D eigenvalue weighted by molar-refractivity contribution is -0.132. The van der Waals surface area contributed by atoms with Crippen molar-refractivity contribution in [3.63, 3.8) is 0 Å². The van der Waals surface area contributed by atoms with Crippen molar-refractivity contribution in [1.29, 1.82) is 0 Å². The maximum Gasteiger partial charge on any atom is 0.260 e. The van der Waals surface area contributed by atoms with Gasteiger partial charge in [0.15, 0.2) is 6.61 Å². The minimum Gasteiger partial charge on any atom is -0.483 e. The van der Waals surface area contributed by atoms with Crippen molar-refractivity contribution in [2.45, 2.75) is 19.4 Å². The highest BCUT2D eigenvalue weighted by Crippen LogP contribution is 2.17. The van der Waals surface area contributed by atoms with Crippen molar-refractivity contribution in [2.75, 3.05) is 39.8 Å². The molecule has 1 saturated heterocycles. The number of nitrogens with zero attached hydrogens (tertiary/aromatic N) is 2. The number of hydrogen-bond acceptors (Lipinski definition) is 4. The third-order valence-electron chi connectivity index (χ3n) is 3.92. The number of likely N-dealkylation sites (tertiary alicyclic amines) is 1. The average Bonchev–Trinajstić information content (AvgIpc) is 3.03. The Balaban J connectivity index is 1.75. The zero-order valence-corrected chi connectivity index (χ0v) is 12.8.